The zero-order valence-corrected chi connectivity index (χ0v) is 10.7. The first kappa shape index (κ1) is 14.0. The Kier molecular flexibility index (Phi) is 3.97. The summed E-state index contributed by atoms with van der Waals surface area (Å²) in [5.74, 6) is -2.80. The van der Waals surface area contributed by atoms with Gasteiger partial charge in [-0.05, 0) is 36.4 Å². The van der Waals surface area contributed by atoms with Gasteiger partial charge in [0.1, 0.15) is 0 Å². The molecule has 0 unspecified atom stereocenters. The molecule has 2 rings (SSSR count). The molecule has 6 heteroatoms. The third-order valence-corrected chi connectivity index (χ3v) is 2.86. The van der Waals surface area contributed by atoms with Gasteiger partial charge in [-0.25, -0.2) is 8.78 Å². The largest absolute Gasteiger partial charge is 0.321 e. The van der Waals surface area contributed by atoms with Crippen LogP contribution in [0.2, 0.25) is 5.02 Å². The number of rotatable bonds is 2. The maximum atomic E-state index is 13.1. The zero-order valence-electron chi connectivity index (χ0n) is 9.95. The highest BCUT2D eigenvalue weighted by Gasteiger charge is 2.12. The Morgan fingerprint density at radius 2 is 1.90 bits per heavy atom. The molecule has 0 aliphatic carbocycles. The van der Waals surface area contributed by atoms with Crippen molar-refractivity contribution in [1.29, 1.82) is 5.26 Å². The normalized spacial score (nSPS) is 9.90. The number of nitriles is 1. The summed E-state index contributed by atoms with van der Waals surface area (Å²) in [6.45, 7) is 0. The Hall–Kier alpha value is -2.45. The van der Waals surface area contributed by atoms with Crippen molar-refractivity contribution < 1.29 is 13.6 Å². The van der Waals surface area contributed by atoms with Gasteiger partial charge in [0.15, 0.2) is 11.6 Å². The van der Waals surface area contributed by atoms with Crippen LogP contribution in [0, 0.1) is 23.0 Å². The number of benzene rings is 2. The predicted octanol–water partition coefficient (Wildman–Crippen LogP) is 3.74. The highest BCUT2D eigenvalue weighted by Crippen LogP contribution is 2.23. The van der Waals surface area contributed by atoms with E-state index in [1.54, 1.807) is 0 Å². The molecular formula is C14H7ClF2N2O. The summed E-state index contributed by atoms with van der Waals surface area (Å²) in [7, 11) is 0. The van der Waals surface area contributed by atoms with Gasteiger partial charge in [-0.2, -0.15) is 5.26 Å². The second kappa shape index (κ2) is 5.68. The Morgan fingerprint density at radius 3 is 2.55 bits per heavy atom. The zero-order chi connectivity index (χ0) is 14.7. The third kappa shape index (κ3) is 2.92. The van der Waals surface area contributed by atoms with Gasteiger partial charge in [-0.1, -0.05) is 11.6 Å². The maximum absolute atomic E-state index is 13.1. The third-order valence-electron chi connectivity index (χ3n) is 2.53. The van der Waals surface area contributed by atoms with Gasteiger partial charge < -0.3 is 5.32 Å². The van der Waals surface area contributed by atoms with E-state index in [9.17, 15) is 13.6 Å². The lowest BCUT2D eigenvalue weighted by atomic mass is 10.1. The fourth-order valence-corrected chi connectivity index (χ4v) is 1.69. The minimum absolute atomic E-state index is 0.0534. The summed E-state index contributed by atoms with van der Waals surface area (Å²) >= 11 is 5.88. The first-order valence-corrected chi connectivity index (χ1v) is 5.85. The minimum atomic E-state index is -1.12. The predicted molar refractivity (Wildman–Crippen MR) is 70.5 cm³/mol. The molecule has 0 spiro atoms. The molecule has 0 aromatic heterocycles. The van der Waals surface area contributed by atoms with Crippen molar-refractivity contribution in [2.75, 3.05) is 5.32 Å². The molecule has 0 aliphatic rings. The van der Waals surface area contributed by atoms with E-state index in [1.807, 2.05) is 6.07 Å². The van der Waals surface area contributed by atoms with Crippen molar-refractivity contribution in [2.24, 2.45) is 0 Å². The molecule has 0 atom stereocenters. The van der Waals surface area contributed by atoms with Gasteiger partial charge in [0.2, 0.25) is 0 Å². The van der Waals surface area contributed by atoms with Gasteiger partial charge in [0, 0.05) is 5.56 Å². The van der Waals surface area contributed by atoms with E-state index in [1.165, 1.54) is 18.2 Å². The van der Waals surface area contributed by atoms with Gasteiger partial charge in [-0.15, -0.1) is 0 Å². The Balaban J connectivity index is 2.28. The van der Waals surface area contributed by atoms with Crippen molar-refractivity contribution in [3.05, 3.63) is 64.2 Å². The van der Waals surface area contributed by atoms with E-state index < -0.39 is 17.5 Å². The molecule has 1 amide bonds. The van der Waals surface area contributed by atoms with Gasteiger partial charge in [-0.3, -0.25) is 4.79 Å². The van der Waals surface area contributed by atoms with Crippen LogP contribution < -0.4 is 5.32 Å². The van der Waals surface area contributed by atoms with Crippen molar-refractivity contribution in [3.63, 3.8) is 0 Å². The monoisotopic (exact) mass is 292 g/mol. The van der Waals surface area contributed by atoms with Crippen LogP contribution in [0.15, 0.2) is 36.4 Å². The number of carbonyl (C=O) groups is 1. The summed E-state index contributed by atoms with van der Waals surface area (Å²) in [5, 5.41) is 11.4. The molecule has 0 heterocycles. The molecule has 20 heavy (non-hydrogen) atoms. The van der Waals surface area contributed by atoms with E-state index in [4.69, 9.17) is 16.9 Å². The first-order valence-electron chi connectivity index (χ1n) is 5.47. The lowest BCUT2D eigenvalue weighted by Gasteiger charge is -2.07. The topological polar surface area (TPSA) is 52.9 Å². The average molecular weight is 293 g/mol. The molecule has 0 radical (unpaired) electrons. The molecule has 0 fully saturated rings. The van der Waals surface area contributed by atoms with E-state index >= 15 is 0 Å². The summed E-state index contributed by atoms with van der Waals surface area (Å²) < 4.78 is 25.8. The van der Waals surface area contributed by atoms with E-state index in [2.05, 4.69) is 5.32 Å². The fraction of sp³-hybridized carbons (Fsp3) is 0. The van der Waals surface area contributed by atoms with Crippen LogP contribution in [-0.2, 0) is 0 Å². The van der Waals surface area contributed by atoms with Crippen molar-refractivity contribution in [3.8, 4) is 6.07 Å². The SMILES string of the molecule is N#Cc1ccc(Cl)c(NC(=O)c2ccc(F)c(F)c2)c1. The summed E-state index contributed by atoms with van der Waals surface area (Å²) in [5.41, 5.74) is 0.484. The van der Waals surface area contributed by atoms with Gasteiger partial charge in [0.25, 0.3) is 5.91 Å². The summed E-state index contributed by atoms with van der Waals surface area (Å²) in [6.07, 6.45) is 0. The van der Waals surface area contributed by atoms with Crippen LogP contribution in [0.1, 0.15) is 15.9 Å². The molecule has 1 N–H and O–H groups in total. The Labute approximate surface area is 118 Å². The first-order chi connectivity index (χ1) is 9.51. The van der Waals surface area contributed by atoms with Gasteiger partial charge in [0.05, 0.1) is 22.3 Å². The van der Waals surface area contributed by atoms with Crippen LogP contribution in [0.4, 0.5) is 14.5 Å². The Morgan fingerprint density at radius 1 is 1.15 bits per heavy atom. The molecular weight excluding hydrogens is 286 g/mol. The van der Waals surface area contributed by atoms with Crippen LogP contribution in [0.3, 0.4) is 0 Å². The minimum Gasteiger partial charge on any atom is -0.321 e. The molecule has 0 aliphatic heterocycles. The van der Waals surface area contributed by atoms with Crippen molar-refractivity contribution in [2.45, 2.75) is 0 Å². The smallest absolute Gasteiger partial charge is 0.255 e. The number of hydrogen-bond donors (Lipinski definition) is 1. The number of halogens is 3. The fourth-order valence-electron chi connectivity index (χ4n) is 1.52. The second-order valence-corrected chi connectivity index (χ2v) is 4.30. The molecule has 0 bridgehead atoms. The van der Waals surface area contributed by atoms with Crippen LogP contribution >= 0.6 is 11.6 Å². The molecule has 3 nitrogen and oxygen atoms in total. The molecule has 0 saturated heterocycles. The Bertz CT molecular complexity index is 726. The number of nitrogens with zero attached hydrogens (tertiary/aromatic N) is 1. The molecule has 2 aromatic carbocycles. The van der Waals surface area contributed by atoms with Crippen LogP contribution in [-0.4, -0.2) is 5.91 Å². The van der Waals surface area contributed by atoms with Crippen LogP contribution in [0.25, 0.3) is 0 Å². The summed E-state index contributed by atoms with van der Waals surface area (Å²) in [6, 6.07) is 9.04. The highest BCUT2D eigenvalue weighted by atomic mass is 35.5. The number of hydrogen-bond acceptors (Lipinski definition) is 2. The lowest BCUT2D eigenvalue weighted by molar-refractivity contribution is 0.102. The molecule has 0 saturated carbocycles. The van der Waals surface area contributed by atoms with Crippen molar-refractivity contribution in [1.82, 2.24) is 0 Å². The van der Waals surface area contributed by atoms with E-state index in [0.717, 1.165) is 18.2 Å². The lowest BCUT2D eigenvalue weighted by Crippen LogP contribution is -2.12. The van der Waals surface area contributed by atoms with E-state index in [0.29, 0.717) is 5.56 Å². The average Bonchev–Trinajstić information content (AvgIpc) is 2.44. The molecule has 2 aromatic rings. The van der Waals surface area contributed by atoms with Crippen molar-refractivity contribution >= 4 is 23.2 Å². The second-order valence-electron chi connectivity index (χ2n) is 3.89. The number of nitrogens with one attached hydrogen (secondary N) is 1. The highest BCUT2D eigenvalue weighted by molar-refractivity contribution is 6.34. The number of anilines is 1. The number of amides is 1. The van der Waals surface area contributed by atoms with Gasteiger partial charge >= 0.3 is 0 Å². The quantitative estimate of drug-likeness (QED) is 0.916. The van der Waals surface area contributed by atoms with Crippen LogP contribution in [0.5, 0.6) is 0 Å². The molecule has 100 valence electrons. The summed E-state index contributed by atoms with van der Waals surface area (Å²) in [4.78, 5) is 11.9. The number of carbonyl (C=O) groups excluding carboxylic acids is 1. The van der Waals surface area contributed by atoms with E-state index in [-0.39, 0.29) is 16.3 Å². The maximum Gasteiger partial charge on any atom is 0.255 e. The standard InChI is InChI=1S/C14H7ClF2N2O/c15-10-3-1-8(7-18)5-13(10)19-14(20)9-2-4-11(16)12(17)6-9/h1-6H,(H,19,20).